The molecular formula is C12H12NO3S. The highest BCUT2D eigenvalue weighted by Crippen LogP contribution is 2.15. The maximum atomic E-state index is 12.1. The van der Waals surface area contributed by atoms with Gasteiger partial charge in [0.1, 0.15) is 0 Å². The highest BCUT2D eigenvalue weighted by atomic mass is 32.2. The van der Waals surface area contributed by atoms with Crippen molar-refractivity contribution in [2.24, 2.45) is 0 Å². The SMILES string of the molecule is Cc1ccc(S(=O)(=O)n2c[c]c(CO)c2)cc1. The minimum absolute atomic E-state index is 0.219. The van der Waals surface area contributed by atoms with E-state index in [0.717, 1.165) is 9.54 Å². The first-order valence-corrected chi connectivity index (χ1v) is 6.49. The number of rotatable bonds is 3. The molecule has 2 rings (SSSR count). The summed E-state index contributed by atoms with van der Waals surface area (Å²) in [6, 6.07) is 9.28. The number of benzene rings is 1. The summed E-state index contributed by atoms with van der Waals surface area (Å²) >= 11 is 0. The molecule has 0 aliphatic heterocycles. The van der Waals surface area contributed by atoms with Crippen molar-refractivity contribution in [2.75, 3.05) is 0 Å². The van der Waals surface area contributed by atoms with E-state index in [0.29, 0.717) is 5.56 Å². The van der Waals surface area contributed by atoms with E-state index in [9.17, 15) is 8.42 Å². The summed E-state index contributed by atoms with van der Waals surface area (Å²) in [6.07, 6.45) is 2.66. The van der Waals surface area contributed by atoms with E-state index in [2.05, 4.69) is 6.07 Å². The maximum absolute atomic E-state index is 12.1. The molecule has 89 valence electrons. The molecule has 1 aromatic carbocycles. The molecular weight excluding hydrogens is 238 g/mol. The second-order valence-corrected chi connectivity index (χ2v) is 5.58. The molecule has 5 heteroatoms. The molecule has 0 unspecified atom stereocenters. The van der Waals surface area contributed by atoms with Crippen LogP contribution in [0.25, 0.3) is 0 Å². The largest absolute Gasteiger partial charge is 0.392 e. The summed E-state index contributed by atoms with van der Waals surface area (Å²) in [6.45, 7) is 1.67. The standard InChI is InChI=1S/C12H12NO3S/c1-10-2-4-12(5-3-10)17(15,16)13-7-6-11(8-13)9-14/h2-5,7-8,14H,9H2,1H3. The first-order chi connectivity index (χ1) is 8.04. The fourth-order valence-electron chi connectivity index (χ4n) is 1.43. The Labute approximate surface area is 100 Å². The quantitative estimate of drug-likeness (QED) is 0.894. The van der Waals surface area contributed by atoms with Crippen molar-refractivity contribution in [1.82, 2.24) is 3.97 Å². The number of aromatic nitrogens is 1. The average Bonchev–Trinajstić information content (AvgIpc) is 2.78. The molecule has 2 aromatic rings. The summed E-state index contributed by atoms with van der Waals surface area (Å²) in [5.74, 6) is 0. The van der Waals surface area contributed by atoms with Gasteiger partial charge in [0, 0.05) is 24.0 Å². The van der Waals surface area contributed by atoms with Crippen LogP contribution < -0.4 is 0 Å². The van der Waals surface area contributed by atoms with Crippen molar-refractivity contribution < 1.29 is 13.5 Å². The van der Waals surface area contributed by atoms with Gasteiger partial charge in [-0.05, 0) is 19.1 Å². The maximum Gasteiger partial charge on any atom is 0.267 e. The molecule has 0 aliphatic carbocycles. The number of aliphatic hydroxyl groups excluding tert-OH is 1. The van der Waals surface area contributed by atoms with Crippen LogP contribution in [0.2, 0.25) is 0 Å². The van der Waals surface area contributed by atoms with Crippen LogP contribution in [0.4, 0.5) is 0 Å². The zero-order valence-electron chi connectivity index (χ0n) is 9.29. The monoisotopic (exact) mass is 250 g/mol. The fraction of sp³-hybridized carbons (Fsp3) is 0.167. The normalized spacial score (nSPS) is 11.6. The van der Waals surface area contributed by atoms with Crippen LogP contribution in [0.15, 0.2) is 41.6 Å². The molecule has 0 fully saturated rings. The third-order valence-electron chi connectivity index (χ3n) is 2.43. The Kier molecular flexibility index (Phi) is 3.04. The number of aliphatic hydroxyl groups is 1. The Bertz CT molecular complexity index is 611. The second-order valence-electron chi connectivity index (χ2n) is 3.73. The molecule has 1 heterocycles. The minimum atomic E-state index is -3.57. The van der Waals surface area contributed by atoms with E-state index in [1.165, 1.54) is 12.4 Å². The van der Waals surface area contributed by atoms with Gasteiger partial charge in [0.15, 0.2) is 0 Å². The van der Waals surface area contributed by atoms with Crippen LogP contribution >= 0.6 is 0 Å². The van der Waals surface area contributed by atoms with Crippen LogP contribution in [0.1, 0.15) is 11.1 Å². The van der Waals surface area contributed by atoms with Crippen molar-refractivity contribution in [3.8, 4) is 0 Å². The molecule has 1 N–H and O–H groups in total. The summed E-state index contributed by atoms with van der Waals surface area (Å²) in [5.41, 5.74) is 1.44. The van der Waals surface area contributed by atoms with E-state index in [1.807, 2.05) is 6.92 Å². The Balaban J connectivity index is 2.46. The Morgan fingerprint density at radius 3 is 2.47 bits per heavy atom. The van der Waals surface area contributed by atoms with Gasteiger partial charge in [-0.15, -0.1) is 0 Å². The number of hydrogen-bond acceptors (Lipinski definition) is 3. The van der Waals surface area contributed by atoms with Crippen LogP contribution in [-0.2, 0) is 16.6 Å². The zero-order chi connectivity index (χ0) is 12.5. The van der Waals surface area contributed by atoms with Crippen molar-refractivity contribution >= 4 is 10.0 Å². The molecule has 17 heavy (non-hydrogen) atoms. The van der Waals surface area contributed by atoms with Gasteiger partial charge < -0.3 is 5.11 Å². The van der Waals surface area contributed by atoms with Crippen molar-refractivity contribution in [2.45, 2.75) is 18.4 Å². The van der Waals surface area contributed by atoms with Crippen molar-refractivity contribution in [3.63, 3.8) is 0 Å². The fourth-order valence-corrected chi connectivity index (χ4v) is 2.61. The molecule has 0 aliphatic rings. The second kappa shape index (κ2) is 4.35. The molecule has 0 bridgehead atoms. The lowest BCUT2D eigenvalue weighted by atomic mass is 10.2. The molecule has 0 saturated carbocycles. The zero-order valence-corrected chi connectivity index (χ0v) is 10.1. The van der Waals surface area contributed by atoms with E-state index in [-0.39, 0.29) is 11.5 Å². The van der Waals surface area contributed by atoms with Crippen molar-refractivity contribution in [1.29, 1.82) is 0 Å². The number of nitrogens with zero attached hydrogens (tertiary/aromatic N) is 1. The molecule has 0 atom stereocenters. The van der Waals surface area contributed by atoms with E-state index in [1.54, 1.807) is 24.3 Å². The summed E-state index contributed by atoms with van der Waals surface area (Å²) in [5, 5.41) is 8.88. The first kappa shape index (κ1) is 11.9. The smallest absolute Gasteiger partial charge is 0.267 e. The predicted molar refractivity (Wildman–Crippen MR) is 63.0 cm³/mol. The molecule has 1 aromatic heterocycles. The van der Waals surface area contributed by atoms with Crippen LogP contribution in [-0.4, -0.2) is 17.5 Å². The van der Waals surface area contributed by atoms with E-state index >= 15 is 0 Å². The van der Waals surface area contributed by atoms with E-state index in [4.69, 9.17) is 5.11 Å². The lowest BCUT2D eigenvalue weighted by Gasteiger charge is -2.05. The highest BCUT2D eigenvalue weighted by molar-refractivity contribution is 7.90. The van der Waals surface area contributed by atoms with Gasteiger partial charge in [-0.25, -0.2) is 12.4 Å². The lowest BCUT2D eigenvalue weighted by molar-refractivity contribution is 0.281. The molecule has 0 spiro atoms. The predicted octanol–water partition coefficient (Wildman–Crippen LogP) is 1.33. The summed E-state index contributed by atoms with van der Waals surface area (Å²) in [7, 11) is -3.57. The number of aryl methyl sites for hydroxylation is 1. The molecule has 4 nitrogen and oxygen atoms in total. The Hall–Kier alpha value is -1.59. The summed E-state index contributed by atoms with van der Waals surface area (Å²) < 4.78 is 25.3. The van der Waals surface area contributed by atoms with Gasteiger partial charge in [0.25, 0.3) is 10.0 Å². The van der Waals surface area contributed by atoms with Crippen LogP contribution in [0.3, 0.4) is 0 Å². The van der Waals surface area contributed by atoms with Gasteiger partial charge in [-0.3, -0.25) is 0 Å². The third-order valence-corrected chi connectivity index (χ3v) is 4.06. The summed E-state index contributed by atoms with van der Waals surface area (Å²) in [4.78, 5) is 0.219. The van der Waals surface area contributed by atoms with E-state index < -0.39 is 10.0 Å². The minimum Gasteiger partial charge on any atom is -0.392 e. The average molecular weight is 250 g/mol. The van der Waals surface area contributed by atoms with Crippen LogP contribution in [0.5, 0.6) is 0 Å². The number of hydrogen-bond donors (Lipinski definition) is 1. The van der Waals surface area contributed by atoms with Gasteiger partial charge in [0.2, 0.25) is 0 Å². The van der Waals surface area contributed by atoms with Crippen molar-refractivity contribution in [3.05, 3.63) is 53.9 Å². The van der Waals surface area contributed by atoms with Gasteiger partial charge in [-0.2, -0.15) is 0 Å². The highest BCUT2D eigenvalue weighted by Gasteiger charge is 2.16. The Morgan fingerprint density at radius 1 is 1.29 bits per heavy atom. The van der Waals surface area contributed by atoms with Gasteiger partial charge >= 0.3 is 0 Å². The Morgan fingerprint density at radius 2 is 1.94 bits per heavy atom. The molecule has 0 amide bonds. The topological polar surface area (TPSA) is 59.3 Å². The first-order valence-electron chi connectivity index (χ1n) is 5.05. The van der Waals surface area contributed by atoms with Crippen LogP contribution in [0, 0.1) is 13.0 Å². The lowest BCUT2D eigenvalue weighted by Crippen LogP contribution is -2.10. The molecule has 1 radical (unpaired) electrons. The molecule has 0 saturated heterocycles. The third kappa shape index (κ3) is 2.25. The van der Waals surface area contributed by atoms with Gasteiger partial charge in [0.05, 0.1) is 11.5 Å². The van der Waals surface area contributed by atoms with Gasteiger partial charge in [-0.1, -0.05) is 17.7 Å².